The quantitative estimate of drug-likeness (QED) is 0.797. The van der Waals surface area contributed by atoms with Gasteiger partial charge in [-0.25, -0.2) is 4.39 Å². The van der Waals surface area contributed by atoms with Crippen LogP contribution in [0.3, 0.4) is 0 Å². The summed E-state index contributed by atoms with van der Waals surface area (Å²) in [6, 6.07) is 4.25. The van der Waals surface area contributed by atoms with Gasteiger partial charge >= 0.3 is 0 Å². The van der Waals surface area contributed by atoms with Crippen LogP contribution in [0.4, 0.5) is 4.39 Å². The lowest BCUT2D eigenvalue weighted by molar-refractivity contribution is -0.112. The fraction of sp³-hybridized carbons (Fsp3) is 0.533. The second kappa shape index (κ2) is 5.50. The van der Waals surface area contributed by atoms with Gasteiger partial charge in [0, 0.05) is 31.4 Å². The fourth-order valence-electron chi connectivity index (χ4n) is 2.81. The first kappa shape index (κ1) is 13.5. The first-order chi connectivity index (χ1) is 9.71. The van der Waals surface area contributed by atoms with E-state index >= 15 is 0 Å². The zero-order valence-corrected chi connectivity index (χ0v) is 11.1. The molecule has 2 unspecified atom stereocenters. The number of hydrogen-bond donors (Lipinski definition) is 0. The van der Waals surface area contributed by atoms with Crippen molar-refractivity contribution in [2.45, 2.75) is 31.0 Å². The lowest BCUT2D eigenvalue weighted by atomic mass is 9.91. The molecule has 1 aromatic rings. The fourth-order valence-corrected chi connectivity index (χ4v) is 2.81. The van der Waals surface area contributed by atoms with Gasteiger partial charge in [-0.2, -0.15) is 0 Å². The second-order valence-electron chi connectivity index (χ2n) is 5.37. The van der Waals surface area contributed by atoms with Crippen molar-refractivity contribution in [3.63, 3.8) is 0 Å². The molecule has 0 N–H and O–H groups in total. The minimum Gasteiger partial charge on any atom is -0.487 e. The number of carbonyl (C=O) groups excluding carboxylic acids is 1. The Hall–Kier alpha value is -1.46. The van der Waals surface area contributed by atoms with Crippen LogP contribution in [-0.2, 0) is 9.47 Å². The van der Waals surface area contributed by atoms with Crippen molar-refractivity contribution in [3.8, 4) is 5.75 Å². The summed E-state index contributed by atoms with van der Waals surface area (Å²) in [6.45, 7) is 1.89. The molecule has 2 atom stereocenters. The van der Waals surface area contributed by atoms with Crippen LogP contribution in [0.1, 0.15) is 29.6 Å². The van der Waals surface area contributed by atoms with Gasteiger partial charge in [-0.05, 0) is 18.2 Å². The molecule has 2 aliphatic rings. The van der Waals surface area contributed by atoms with Crippen molar-refractivity contribution in [2.75, 3.05) is 19.8 Å². The van der Waals surface area contributed by atoms with Gasteiger partial charge in [0.1, 0.15) is 12.4 Å². The molecule has 2 saturated heterocycles. The molecular weight excluding hydrogens is 263 g/mol. The Morgan fingerprint density at radius 1 is 1.40 bits per heavy atom. The molecular formula is C15H17FO4. The van der Waals surface area contributed by atoms with Crippen molar-refractivity contribution < 1.29 is 23.4 Å². The standard InChI is InChI=1S/C15H17FO4/c16-13-7-11(9-17)1-2-14(13)20-12-3-5-19-15(8-12)4-6-18-10-15/h1-2,7,9,12H,3-6,8,10H2. The molecule has 3 rings (SSSR count). The first-order valence-corrected chi connectivity index (χ1v) is 6.84. The molecule has 2 fully saturated rings. The summed E-state index contributed by atoms with van der Waals surface area (Å²) in [5.41, 5.74) is 0.0461. The lowest BCUT2D eigenvalue weighted by Gasteiger charge is -2.37. The van der Waals surface area contributed by atoms with E-state index in [2.05, 4.69) is 0 Å². The van der Waals surface area contributed by atoms with Crippen LogP contribution in [0.5, 0.6) is 5.75 Å². The van der Waals surface area contributed by atoms with Crippen LogP contribution in [0.25, 0.3) is 0 Å². The van der Waals surface area contributed by atoms with E-state index < -0.39 is 5.82 Å². The van der Waals surface area contributed by atoms with Crippen LogP contribution in [0.15, 0.2) is 18.2 Å². The van der Waals surface area contributed by atoms with Gasteiger partial charge in [0.25, 0.3) is 0 Å². The highest BCUT2D eigenvalue weighted by Crippen LogP contribution is 2.34. The number of carbonyl (C=O) groups is 1. The molecule has 0 saturated carbocycles. The summed E-state index contributed by atoms with van der Waals surface area (Å²) in [5, 5.41) is 0. The topological polar surface area (TPSA) is 44.8 Å². The number of ether oxygens (including phenoxy) is 3. The monoisotopic (exact) mass is 280 g/mol. The molecule has 1 aromatic carbocycles. The van der Waals surface area contributed by atoms with Gasteiger partial charge in [-0.3, -0.25) is 4.79 Å². The summed E-state index contributed by atoms with van der Waals surface area (Å²) < 4.78 is 30.8. The third-order valence-electron chi connectivity index (χ3n) is 3.90. The third kappa shape index (κ3) is 2.69. The Bertz CT molecular complexity index is 497. The molecule has 0 aromatic heterocycles. The van der Waals surface area contributed by atoms with Gasteiger partial charge in [0.15, 0.2) is 11.6 Å². The van der Waals surface area contributed by atoms with Crippen molar-refractivity contribution >= 4 is 6.29 Å². The second-order valence-corrected chi connectivity index (χ2v) is 5.37. The molecule has 0 amide bonds. The average Bonchev–Trinajstić information content (AvgIpc) is 2.89. The summed E-state index contributed by atoms with van der Waals surface area (Å²) in [6.07, 6.45) is 2.84. The van der Waals surface area contributed by atoms with Gasteiger partial charge in [0.2, 0.25) is 0 Å². The highest BCUT2D eigenvalue weighted by molar-refractivity contribution is 5.74. The number of halogens is 1. The summed E-state index contributed by atoms with van der Waals surface area (Å²) >= 11 is 0. The van der Waals surface area contributed by atoms with Crippen molar-refractivity contribution in [2.24, 2.45) is 0 Å². The summed E-state index contributed by atoms with van der Waals surface area (Å²) in [5.74, 6) is -0.311. The maximum atomic E-state index is 13.8. The van der Waals surface area contributed by atoms with Crippen LogP contribution in [0, 0.1) is 5.82 Å². The minimum atomic E-state index is -0.502. The third-order valence-corrected chi connectivity index (χ3v) is 3.90. The largest absolute Gasteiger partial charge is 0.487 e. The first-order valence-electron chi connectivity index (χ1n) is 6.84. The highest BCUT2D eigenvalue weighted by Gasteiger charge is 2.41. The Kier molecular flexibility index (Phi) is 3.72. The minimum absolute atomic E-state index is 0.0815. The van der Waals surface area contributed by atoms with Gasteiger partial charge in [-0.15, -0.1) is 0 Å². The van der Waals surface area contributed by atoms with E-state index in [4.69, 9.17) is 14.2 Å². The van der Waals surface area contributed by atoms with Crippen molar-refractivity contribution in [1.82, 2.24) is 0 Å². The smallest absolute Gasteiger partial charge is 0.165 e. The molecule has 1 spiro atoms. The lowest BCUT2D eigenvalue weighted by Crippen LogP contribution is -2.44. The van der Waals surface area contributed by atoms with E-state index in [0.717, 1.165) is 12.8 Å². The number of benzene rings is 1. The Morgan fingerprint density at radius 2 is 2.30 bits per heavy atom. The van der Waals surface area contributed by atoms with E-state index in [9.17, 15) is 9.18 Å². The molecule has 0 radical (unpaired) electrons. The molecule has 0 aliphatic carbocycles. The number of hydrogen-bond acceptors (Lipinski definition) is 4. The Morgan fingerprint density at radius 3 is 3.00 bits per heavy atom. The normalized spacial score (nSPS) is 29.6. The van der Waals surface area contributed by atoms with Crippen LogP contribution >= 0.6 is 0 Å². The highest BCUT2D eigenvalue weighted by atomic mass is 19.1. The van der Waals surface area contributed by atoms with E-state index in [1.807, 2.05) is 0 Å². The predicted molar refractivity (Wildman–Crippen MR) is 69.6 cm³/mol. The van der Waals surface area contributed by atoms with Crippen molar-refractivity contribution in [1.29, 1.82) is 0 Å². The molecule has 5 heteroatoms. The summed E-state index contributed by atoms with van der Waals surface area (Å²) in [7, 11) is 0. The molecule has 2 aliphatic heterocycles. The average molecular weight is 280 g/mol. The zero-order chi connectivity index (χ0) is 14.0. The van der Waals surface area contributed by atoms with Crippen LogP contribution in [0.2, 0.25) is 0 Å². The maximum Gasteiger partial charge on any atom is 0.165 e. The molecule has 4 nitrogen and oxygen atoms in total. The Balaban J connectivity index is 1.69. The van der Waals surface area contributed by atoms with Gasteiger partial charge in [0.05, 0.1) is 18.8 Å². The predicted octanol–water partition coefficient (Wildman–Crippen LogP) is 2.36. The Labute approximate surface area is 116 Å². The number of aldehydes is 1. The maximum absolute atomic E-state index is 13.8. The SMILES string of the molecule is O=Cc1ccc(OC2CCOC3(CCOC3)C2)c(F)c1. The molecule has 20 heavy (non-hydrogen) atoms. The zero-order valence-electron chi connectivity index (χ0n) is 11.1. The van der Waals surface area contributed by atoms with E-state index in [1.165, 1.54) is 12.1 Å². The van der Waals surface area contributed by atoms with Crippen LogP contribution in [-0.4, -0.2) is 37.8 Å². The van der Waals surface area contributed by atoms with E-state index in [1.54, 1.807) is 6.07 Å². The van der Waals surface area contributed by atoms with Gasteiger partial charge < -0.3 is 14.2 Å². The van der Waals surface area contributed by atoms with E-state index in [-0.39, 0.29) is 17.5 Å². The molecule has 2 heterocycles. The van der Waals surface area contributed by atoms with Gasteiger partial charge in [-0.1, -0.05) is 0 Å². The number of rotatable bonds is 3. The van der Waals surface area contributed by atoms with Crippen molar-refractivity contribution in [3.05, 3.63) is 29.6 Å². The van der Waals surface area contributed by atoms with Crippen LogP contribution < -0.4 is 4.74 Å². The summed E-state index contributed by atoms with van der Waals surface area (Å²) in [4.78, 5) is 10.6. The molecule has 108 valence electrons. The van der Waals surface area contributed by atoms with E-state index in [0.29, 0.717) is 38.1 Å². The molecule has 0 bridgehead atoms.